The van der Waals surface area contributed by atoms with Gasteiger partial charge in [0.1, 0.15) is 23.3 Å². The fourth-order valence-electron chi connectivity index (χ4n) is 3.59. The van der Waals surface area contributed by atoms with Gasteiger partial charge in [0.25, 0.3) is 0 Å². The molecule has 1 fully saturated rings. The molecule has 0 aliphatic carbocycles. The van der Waals surface area contributed by atoms with Crippen molar-refractivity contribution in [2.24, 2.45) is 4.99 Å². The van der Waals surface area contributed by atoms with Gasteiger partial charge >= 0.3 is 0 Å². The van der Waals surface area contributed by atoms with E-state index in [2.05, 4.69) is 36.9 Å². The predicted molar refractivity (Wildman–Crippen MR) is 118 cm³/mol. The van der Waals surface area contributed by atoms with Crippen LogP contribution in [0.2, 0.25) is 0 Å². The predicted octanol–water partition coefficient (Wildman–Crippen LogP) is 1.72. The number of anilines is 2. The molecule has 0 bridgehead atoms. The van der Waals surface area contributed by atoms with E-state index < -0.39 is 0 Å². The second kappa shape index (κ2) is 8.52. The standard InChI is InChI=1S/C21H24N8O2/c1-30-20-16(3-2-5-23-20)25-21-26-17(14-19(27-21)29-9-11-31-12-10-29)24-15-4-7-28-8-6-22-18(28)13-15/h2-8,13-14,17,24H,9-12H2,1H3,(H2,25,26,27). The number of guanidine groups is 1. The Balaban J connectivity index is 1.41. The van der Waals surface area contributed by atoms with Gasteiger partial charge in [-0.25, -0.2) is 15.0 Å². The summed E-state index contributed by atoms with van der Waals surface area (Å²) < 4.78 is 12.8. The average molecular weight is 420 g/mol. The number of rotatable bonds is 5. The second-order valence-electron chi connectivity index (χ2n) is 7.14. The maximum Gasteiger partial charge on any atom is 0.237 e. The van der Waals surface area contributed by atoms with Gasteiger partial charge in [-0.3, -0.25) is 0 Å². The average Bonchev–Trinajstić information content (AvgIpc) is 3.28. The number of fused-ring (bicyclic) bond motifs is 1. The molecular weight excluding hydrogens is 396 g/mol. The first-order chi connectivity index (χ1) is 15.3. The summed E-state index contributed by atoms with van der Waals surface area (Å²) in [5.41, 5.74) is 2.54. The summed E-state index contributed by atoms with van der Waals surface area (Å²) in [6, 6.07) is 7.75. The zero-order valence-corrected chi connectivity index (χ0v) is 17.2. The molecule has 10 nitrogen and oxygen atoms in total. The van der Waals surface area contributed by atoms with E-state index in [0.717, 1.165) is 35.9 Å². The molecule has 1 unspecified atom stereocenters. The van der Waals surface area contributed by atoms with Crippen LogP contribution in [0.3, 0.4) is 0 Å². The largest absolute Gasteiger partial charge is 0.480 e. The van der Waals surface area contributed by atoms with Gasteiger partial charge in [0.05, 0.1) is 20.3 Å². The number of hydrogen-bond donors (Lipinski definition) is 3. The SMILES string of the molecule is COc1ncccc1NC1=NC(Nc2ccn3ccnc3c2)C=C(N2CCOCC2)N1. The van der Waals surface area contributed by atoms with Gasteiger partial charge in [0, 0.05) is 55.7 Å². The van der Waals surface area contributed by atoms with Crippen molar-refractivity contribution in [3.63, 3.8) is 0 Å². The van der Waals surface area contributed by atoms with Crippen molar-refractivity contribution in [1.29, 1.82) is 0 Å². The van der Waals surface area contributed by atoms with E-state index in [1.807, 2.05) is 41.1 Å². The lowest BCUT2D eigenvalue weighted by atomic mass is 10.3. The van der Waals surface area contributed by atoms with Crippen molar-refractivity contribution in [3.8, 4) is 5.88 Å². The Morgan fingerprint density at radius 1 is 1.16 bits per heavy atom. The minimum atomic E-state index is -0.276. The molecule has 160 valence electrons. The van der Waals surface area contributed by atoms with Gasteiger partial charge in [0.2, 0.25) is 11.8 Å². The highest BCUT2D eigenvalue weighted by molar-refractivity contribution is 5.96. The first-order valence-electron chi connectivity index (χ1n) is 10.1. The fraction of sp³-hybridized carbons (Fsp3) is 0.286. The lowest BCUT2D eigenvalue weighted by Gasteiger charge is -2.34. The topological polar surface area (TPSA) is 100 Å². The summed E-state index contributed by atoms with van der Waals surface area (Å²) in [5.74, 6) is 2.08. The molecule has 1 atom stereocenters. The number of pyridine rings is 2. The molecule has 2 aliphatic rings. The van der Waals surface area contributed by atoms with Crippen molar-refractivity contribution in [2.45, 2.75) is 6.17 Å². The van der Waals surface area contributed by atoms with E-state index in [0.29, 0.717) is 25.1 Å². The Hall–Kier alpha value is -3.79. The van der Waals surface area contributed by atoms with Crippen LogP contribution in [-0.2, 0) is 4.74 Å². The molecule has 0 aromatic carbocycles. The van der Waals surface area contributed by atoms with Crippen LogP contribution < -0.4 is 20.7 Å². The Morgan fingerprint density at radius 3 is 2.94 bits per heavy atom. The van der Waals surface area contributed by atoms with Gasteiger partial charge in [0.15, 0.2) is 0 Å². The van der Waals surface area contributed by atoms with Crippen molar-refractivity contribution in [2.75, 3.05) is 44.0 Å². The van der Waals surface area contributed by atoms with E-state index >= 15 is 0 Å². The monoisotopic (exact) mass is 420 g/mol. The maximum absolute atomic E-state index is 5.51. The van der Waals surface area contributed by atoms with Crippen molar-refractivity contribution < 1.29 is 9.47 Å². The third-order valence-corrected chi connectivity index (χ3v) is 5.11. The highest BCUT2D eigenvalue weighted by atomic mass is 16.5. The summed E-state index contributed by atoms with van der Waals surface area (Å²) in [6.07, 6.45) is 9.16. The third-order valence-electron chi connectivity index (χ3n) is 5.11. The van der Waals surface area contributed by atoms with Crippen molar-refractivity contribution in [3.05, 3.63) is 60.9 Å². The number of nitrogens with zero attached hydrogens (tertiary/aromatic N) is 5. The highest BCUT2D eigenvalue weighted by Gasteiger charge is 2.22. The van der Waals surface area contributed by atoms with E-state index in [1.54, 1.807) is 19.5 Å². The van der Waals surface area contributed by atoms with Crippen LogP contribution in [0.1, 0.15) is 0 Å². The molecule has 1 saturated heterocycles. The zero-order valence-electron chi connectivity index (χ0n) is 17.2. The molecule has 31 heavy (non-hydrogen) atoms. The minimum Gasteiger partial charge on any atom is -0.480 e. The molecule has 0 saturated carbocycles. The fourth-order valence-corrected chi connectivity index (χ4v) is 3.59. The van der Waals surface area contributed by atoms with E-state index in [9.17, 15) is 0 Å². The van der Waals surface area contributed by atoms with Gasteiger partial charge in [-0.2, -0.15) is 0 Å². The number of ether oxygens (including phenoxy) is 2. The number of morpholine rings is 1. The molecule has 0 radical (unpaired) electrons. The molecule has 3 aromatic rings. The number of imidazole rings is 1. The molecule has 5 rings (SSSR count). The Kier molecular flexibility index (Phi) is 5.28. The van der Waals surface area contributed by atoms with Gasteiger partial charge < -0.3 is 34.7 Å². The summed E-state index contributed by atoms with van der Waals surface area (Å²) >= 11 is 0. The first kappa shape index (κ1) is 19.2. The van der Waals surface area contributed by atoms with Crippen LogP contribution in [0.4, 0.5) is 11.4 Å². The van der Waals surface area contributed by atoms with Gasteiger partial charge in [-0.1, -0.05) is 0 Å². The maximum atomic E-state index is 5.51. The number of methoxy groups -OCH3 is 1. The normalized spacial score (nSPS) is 18.7. The van der Waals surface area contributed by atoms with Crippen LogP contribution in [0.5, 0.6) is 5.88 Å². The quantitative estimate of drug-likeness (QED) is 0.574. The molecular formula is C21H24N8O2. The summed E-state index contributed by atoms with van der Waals surface area (Å²) in [7, 11) is 1.60. The number of aliphatic imine (C=N–C) groups is 1. The number of nitrogens with one attached hydrogen (secondary N) is 3. The Labute approximate surface area is 179 Å². The molecule has 0 amide bonds. The Bertz CT molecular complexity index is 1120. The molecule has 2 aliphatic heterocycles. The lowest BCUT2D eigenvalue weighted by Crippen LogP contribution is -2.47. The van der Waals surface area contributed by atoms with Crippen molar-refractivity contribution in [1.82, 2.24) is 24.6 Å². The first-order valence-corrected chi connectivity index (χ1v) is 10.1. The zero-order chi connectivity index (χ0) is 21.0. The van der Waals surface area contributed by atoms with Crippen molar-refractivity contribution >= 4 is 23.0 Å². The lowest BCUT2D eigenvalue weighted by molar-refractivity contribution is 0.0513. The highest BCUT2D eigenvalue weighted by Crippen LogP contribution is 2.22. The van der Waals surface area contributed by atoms with Gasteiger partial charge in [-0.05, 0) is 18.2 Å². The van der Waals surface area contributed by atoms with Crippen LogP contribution in [-0.4, -0.2) is 64.8 Å². The number of aromatic nitrogens is 3. The third kappa shape index (κ3) is 4.24. The van der Waals surface area contributed by atoms with E-state index in [4.69, 9.17) is 14.5 Å². The van der Waals surface area contributed by atoms with E-state index in [-0.39, 0.29) is 6.17 Å². The van der Waals surface area contributed by atoms with Gasteiger partial charge in [-0.15, -0.1) is 0 Å². The molecule has 0 spiro atoms. The smallest absolute Gasteiger partial charge is 0.237 e. The molecule has 3 N–H and O–H groups in total. The molecule has 10 heteroatoms. The van der Waals surface area contributed by atoms with Crippen LogP contribution >= 0.6 is 0 Å². The van der Waals surface area contributed by atoms with Crippen LogP contribution in [0, 0.1) is 0 Å². The van der Waals surface area contributed by atoms with E-state index in [1.165, 1.54) is 0 Å². The summed E-state index contributed by atoms with van der Waals surface area (Å²) in [6.45, 7) is 3.03. The molecule has 5 heterocycles. The Morgan fingerprint density at radius 2 is 2.06 bits per heavy atom. The summed E-state index contributed by atoms with van der Waals surface area (Å²) in [4.78, 5) is 15.7. The van der Waals surface area contributed by atoms with Crippen LogP contribution in [0.15, 0.2) is 65.9 Å². The molecule has 3 aromatic heterocycles. The van der Waals surface area contributed by atoms with Crippen LogP contribution in [0.25, 0.3) is 5.65 Å². The minimum absolute atomic E-state index is 0.276. The summed E-state index contributed by atoms with van der Waals surface area (Å²) in [5, 5.41) is 10.2. The second-order valence-corrected chi connectivity index (χ2v) is 7.14. The number of hydrogen-bond acceptors (Lipinski definition) is 9.